The molecule has 0 aliphatic rings. The van der Waals surface area contributed by atoms with Crippen LogP contribution < -0.4 is 14.2 Å². The Kier molecular flexibility index (Phi) is 8.62. The van der Waals surface area contributed by atoms with Gasteiger partial charge in [0.05, 0.1) is 31.1 Å². The lowest BCUT2D eigenvalue weighted by molar-refractivity contribution is 0.0527. The lowest BCUT2D eigenvalue weighted by Crippen LogP contribution is -2.18. The summed E-state index contributed by atoms with van der Waals surface area (Å²) in [5, 5.41) is 7.33. The van der Waals surface area contributed by atoms with Gasteiger partial charge in [-0.3, -0.25) is 4.72 Å². The molecule has 0 aliphatic carbocycles. The van der Waals surface area contributed by atoms with E-state index in [1.165, 1.54) is 38.5 Å². The summed E-state index contributed by atoms with van der Waals surface area (Å²) in [5.74, 6) is -0.344. The number of fused-ring (bicyclic) bond motifs is 1. The third-order valence-corrected chi connectivity index (χ3v) is 5.85. The minimum atomic E-state index is -4.22. The number of carbonyl (C=O) groups excluding carboxylic acids is 1. The van der Waals surface area contributed by atoms with Crippen molar-refractivity contribution >= 4 is 32.7 Å². The second-order valence-electron chi connectivity index (χ2n) is 6.74. The molecule has 3 rings (SSSR count). The van der Waals surface area contributed by atoms with Crippen molar-refractivity contribution in [1.82, 2.24) is 10.3 Å². The molecule has 3 aromatic rings. The first kappa shape index (κ1) is 25.2. The highest BCUT2D eigenvalue weighted by Crippen LogP contribution is 2.36. The molecule has 12 nitrogen and oxygen atoms in total. The highest BCUT2D eigenvalue weighted by Gasteiger charge is 2.25. The maximum atomic E-state index is 13.2. The van der Waals surface area contributed by atoms with E-state index in [4.69, 9.17) is 23.7 Å². The highest BCUT2D eigenvalue weighted by atomic mass is 32.2. The molecule has 0 spiro atoms. The molecule has 1 N–H and O–H groups in total. The van der Waals surface area contributed by atoms with E-state index in [0.29, 0.717) is 0 Å². The van der Waals surface area contributed by atoms with Crippen molar-refractivity contribution in [3.63, 3.8) is 0 Å². The van der Waals surface area contributed by atoms with Gasteiger partial charge in [0.15, 0.2) is 17.0 Å². The number of nitrogens with zero attached hydrogens (tertiary/aromatic N) is 2. The second kappa shape index (κ2) is 11.6. The van der Waals surface area contributed by atoms with Gasteiger partial charge in [0.1, 0.15) is 23.6 Å². The largest absolute Gasteiger partial charge is 0.487 e. The molecule has 2 aromatic carbocycles. The van der Waals surface area contributed by atoms with E-state index < -0.39 is 16.0 Å². The van der Waals surface area contributed by atoms with Crippen molar-refractivity contribution < 1.29 is 41.5 Å². The van der Waals surface area contributed by atoms with Crippen molar-refractivity contribution in [2.75, 3.05) is 52.0 Å². The third-order valence-electron chi connectivity index (χ3n) is 4.45. The number of sulfonamides is 1. The first-order valence-electron chi connectivity index (χ1n) is 10.2. The van der Waals surface area contributed by atoms with Crippen LogP contribution in [0.3, 0.4) is 0 Å². The SMILES string of the molecule is CCOC(=O)c1cc(OCCOC)c(OCCOC)cc1NS(=O)(=O)c1cccc2nonc12. The number of carbonyl (C=O) groups is 1. The molecule has 0 fully saturated rings. The van der Waals surface area contributed by atoms with Crippen molar-refractivity contribution in [3.05, 3.63) is 35.9 Å². The van der Waals surface area contributed by atoms with Gasteiger partial charge in [0.25, 0.3) is 10.0 Å². The summed E-state index contributed by atoms with van der Waals surface area (Å²) in [4.78, 5) is 12.5. The van der Waals surface area contributed by atoms with Gasteiger partial charge in [0, 0.05) is 26.4 Å². The molecule has 184 valence electrons. The Labute approximate surface area is 196 Å². The molecule has 34 heavy (non-hydrogen) atoms. The maximum Gasteiger partial charge on any atom is 0.340 e. The van der Waals surface area contributed by atoms with E-state index in [1.807, 2.05) is 0 Å². The molecule has 0 radical (unpaired) electrons. The average Bonchev–Trinajstić information content (AvgIpc) is 3.29. The van der Waals surface area contributed by atoms with Crippen LogP contribution in [0, 0.1) is 0 Å². The first-order valence-corrected chi connectivity index (χ1v) is 11.7. The Hall–Kier alpha value is -3.42. The number of benzene rings is 2. The predicted octanol–water partition coefficient (Wildman–Crippen LogP) is 2.25. The van der Waals surface area contributed by atoms with E-state index in [2.05, 4.69) is 19.7 Å². The smallest absolute Gasteiger partial charge is 0.340 e. The van der Waals surface area contributed by atoms with Gasteiger partial charge < -0.3 is 23.7 Å². The van der Waals surface area contributed by atoms with E-state index >= 15 is 0 Å². The zero-order valence-corrected chi connectivity index (χ0v) is 19.7. The summed E-state index contributed by atoms with van der Waals surface area (Å²) in [6.07, 6.45) is 0. The summed E-state index contributed by atoms with van der Waals surface area (Å²) >= 11 is 0. The normalized spacial score (nSPS) is 11.4. The Bertz CT molecular complexity index is 1230. The third kappa shape index (κ3) is 5.92. The van der Waals surface area contributed by atoms with Crippen LogP contribution in [0.15, 0.2) is 39.9 Å². The minimum absolute atomic E-state index is 0.0452. The molecule has 0 amide bonds. The van der Waals surface area contributed by atoms with Crippen molar-refractivity contribution in [3.8, 4) is 11.5 Å². The van der Waals surface area contributed by atoms with Crippen LogP contribution in [0.25, 0.3) is 11.0 Å². The first-order chi connectivity index (χ1) is 16.4. The molecule has 0 saturated carbocycles. The number of hydrogen-bond donors (Lipinski definition) is 1. The van der Waals surface area contributed by atoms with E-state index in [-0.39, 0.29) is 71.7 Å². The average molecular weight is 496 g/mol. The van der Waals surface area contributed by atoms with Crippen LogP contribution in [0.4, 0.5) is 5.69 Å². The van der Waals surface area contributed by atoms with Crippen LogP contribution >= 0.6 is 0 Å². The van der Waals surface area contributed by atoms with E-state index in [9.17, 15) is 13.2 Å². The van der Waals surface area contributed by atoms with Gasteiger partial charge in [-0.15, -0.1) is 0 Å². The van der Waals surface area contributed by atoms with Crippen LogP contribution in [0.1, 0.15) is 17.3 Å². The summed E-state index contributed by atoms with van der Waals surface area (Å²) in [7, 11) is -1.18. The summed E-state index contributed by atoms with van der Waals surface area (Å²) in [5.41, 5.74) is 0.170. The number of hydrogen-bond acceptors (Lipinski definition) is 11. The Balaban J connectivity index is 2.06. The molecular weight excluding hydrogens is 470 g/mol. The van der Waals surface area contributed by atoms with Gasteiger partial charge in [0.2, 0.25) is 0 Å². The van der Waals surface area contributed by atoms with Gasteiger partial charge in [-0.25, -0.2) is 17.8 Å². The summed E-state index contributed by atoms with van der Waals surface area (Å²) < 4.78 is 60.1. The predicted molar refractivity (Wildman–Crippen MR) is 120 cm³/mol. The van der Waals surface area contributed by atoms with Crippen molar-refractivity contribution in [2.45, 2.75) is 11.8 Å². The quantitative estimate of drug-likeness (QED) is 0.275. The highest BCUT2D eigenvalue weighted by molar-refractivity contribution is 7.93. The van der Waals surface area contributed by atoms with Crippen LogP contribution in [0.2, 0.25) is 0 Å². The fraction of sp³-hybridized carbons (Fsp3) is 0.381. The molecule has 13 heteroatoms. The number of nitrogens with one attached hydrogen (secondary N) is 1. The monoisotopic (exact) mass is 495 g/mol. The van der Waals surface area contributed by atoms with Gasteiger partial charge in [-0.1, -0.05) is 6.07 Å². The maximum absolute atomic E-state index is 13.2. The number of methoxy groups -OCH3 is 2. The Morgan fingerprint density at radius 2 is 1.68 bits per heavy atom. The molecule has 1 aromatic heterocycles. The van der Waals surface area contributed by atoms with Gasteiger partial charge in [-0.05, 0) is 29.4 Å². The van der Waals surface area contributed by atoms with Gasteiger partial charge in [-0.2, -0.15) is 0 Å². The second-order valence-corrected chi connectivity index (χ2v) is 8.39. The zero-order valence-electron chi connectivity index (χ0n) is 18.9. The number of aromatic nitrogens is 2. The molecule has 0 aliphatic heterocycles. The standard InChI is InChI=1S/C21H25N3O9S/c1-4-30-21(25)14-12-17(31-10-8-28-2)18(32-11-9-29-3)13-16(14)24-34(26,27)19-7-5-6-15-20(19)23-33-22-15/h5-7,12-13,24H,4,8-11H2,1-3H3. The molecule has 1 heterocycles. The fourth-order valence-corrected chi connectivity index (χ4v) is 4.14. The number of ether oxygens (including phenoxy) is 5. The number of rotatable bonds is 13. The van der Waals surface area contributed by atoms with E-state index in [0.717, 1.165) is 0 Å². The number of anilines is 1. The Morgan fingerprint density at radius 3 is 2.32 bits per heavy atom. The molecule has 0 atom stereocenters. The topological polar surface area (TPSA) is 148 Å². The molecule has 0 saturated heterocycles. The van der Waals surface area contributed by atoms with Crippen LogP contribution in [-0.4, -0.2) is 72.0 Å². The molecule has 0 bridgehead atoms. The Morgan fingerprint density at radius 1 is 1.00 bits per heavy atom. The van der Waals surface area contributed by atoms with E-state index in [1.54, 1.807) is 13.0 Å². The zero-order chi connectivity index (χ0) is 24.6. The van der Waals surface area contributed by atoms with Crippen molar-refractivity contribution in [2.24, 2.45) is 0 Å². The molecule has 0 unspecified atom stereocenters. The number of esters is 1. The van der Waals surface area contributed by atoms with Gasteiger partial charge >= 0.3 is 5.97 Å². The fourth-order valence-electron chi connectivity index (χ4n) is 2.92. The van der Waals surface area contributed by atoms with Crippen molar-refractivity contribution in [1.29, 1.82) is 0 Å². The summed E-state index contributed by atoms with van der Waals surface area (Å²) in [6.45, 7) is 2.62. The minimum Gasteiger partial charge on any atom is -0.487 e. The molecular formula is C21H25N3O9S. The lowest BCUT2D eigenvalue weighted by atomic mass is 10.1. The van der Waals surface area contributed by atoms with Crippen LogP contribution in [-0.2, 0) is 24.2 Å². The lowest BCUT2D eigenvalue weighted by Gasteiger charge is -2.18. The van der Waals surface area contributed by atoms with Crippen LogP contribution in [0.5, 0.6) is 11.5 Å². The summed E-state index contributed by atoms with van der Waals surface area (Å²) in [6, 6.07) is 7.11.